The molecular weight excluding hydrogens is 520 g/mol. The standard InChI is InChI=1S/C30H34N8O3/c31-29-33-17-19(34-29)10-12-23(25(39)26-35-21-8-4-5-9-22(21)36-26)37-27(40)24-13-11-20-14-15-30(32,28(41)38(20)24)16-18-6-2-1-3-7-18/h1-9,17,20,23-24H,10-16,32H2,(H,35,36)(H,37,40)(H3,31,33,34). The molecule has 4 atom stereocenters. The molecular formula is C30H34N8O3. The molecule has 2 aliphatic heterocycles. The van der Waals surface area contributed by atoms with E-state index >= 15 is 0 Å². The van der Waals surface area contributed by atoms with Crippen LogP contribution in [-0.4, -0.2) is 66.1 Å². The van der Waals surface area contributed by atoms with E-state index in [9.17, 15) is 14.4 Å². The van der Waals surface area contributed by atoms with Gasteiger partial charge in [-0.15, -0.1) is 0 Å². The van der Waals surface area contributed by atoms with Gasteiger partial charge in [-0.05, 0) is 62.6 Å². The maximum Gasteiger partial charge on any atom is 0.243 e. The number of aryl methyl sites for hydroxylation is 1. The van der Waals surface area contributed by atoms with Crippen LogP contribution in [0.3, 0.4) is 0 Å². The highest BCUT2D eigenvalue weighted by atomic mass is 16.2. The number of aromatic amines is 2. The summed E-state index contributed by atoms with van der Waals surface area (Å²) in [5.74, 6) is -0.445. The van der Waals surface area contributed by atoms with Crippen molar-refractivity contribution < 1.29 is 14.4 Å². The van der Waals surface area contributed by atoms with Crippen molar-refractivity contribution >= 4 is 34.6 Å². The summed E-state index contributed by atoms with van der Waals surface area (Å²) in [6.07, 6.45) is 5.29. The molecule has 4 aromatic rings. The van der Waals surface area contributed by atoms with Crippen molar-refractivity contribution in [2.24, 2.45) is 5.73 Å². The second-order valence-electron chi connectivity index (χ2n) is 11.2. The zero-order valence-corrected chi connectivity index (χ0v) is 22.7. The van der Waals surface area contributed by atoms with Crippen LogP contribution in [-0.2, 0) is 22.4 Å². The largest absolute Gasteiger partial charge is 0.369 e. The van der Waals surface area contributed by atoms with Gasteiger partial charge in [-0.3, -0.25) is 14.4 Å². The van der Waals surface area contributed by atoms with E-state index in [0.717, 1.165) is 29.6 Å². The number of hydrogen-bond acceptors (Lipinski definition) is 7. The molecule has 2 aliphatic rings. The molecule has 41 heavy (non-hydrogen) atoms. The number of nitrogens with zero attached hydrogens (tertiary/aromatic N) is 3. The summed E-state index contributed by atoms with van der Waals surface area (Å²) < 4.78 is 0. The number of nitrogen functional groups attached to an aromatic ring is 1. The van der Waals surface area contributed by atoms with Gasteiger partial charge in [0.15, 0.2) is 11.8 Å². The second-order valence-corrected chi connectivity index (χ2v) is 11.2. The molecule has 7 N–H and O–H groups in total. The minimum absolute atomic E-state index is 0.0387. The van der Waals surface area contributed by atoms with E-state index < -0.39 is 17.6 Å². The summed E-state index contributed by atoms with van der Waals surface area (Å²) in [5.41, 5.74) is 14.5. The number of rotatable bonds is 9. The van der Waals surface area contributed by atoms with Crippen molar-refractivity contribution in [3.63, 3.8) is 0 Å². The average molecular weight is 555 g/mol. The number of amides is 2. The third-order valence-corrected chi connectivity index (χ3v) is 8.36. The van der Waals surface area contributed by atoms with Crippen LogP contribution in [0.25, 0.3) is 11.0 Å². The van der Waals surface area contributed by atoms with Gasteiger partial charge in [0.1, 0.15) is 6.04 Å². The Morgan fingerprint density at radius 3 is 2.61 bits per heavy atom. The molecule has 212 valence electrons. The number of H-pyrrole nitrogens is 2. The zero-order chi connectivity index (χ0) is 28.6. The fraction of sp³-hybridized carbons (Fsp3) is 0.367. The monoisotopic (exact) mass is 554 g/mol. The van der Waals surface area contributed by atoms with E-state index in [1.807, 2.05) is 54.6 Å². The summed E-state index contributed by atoms with van der Waals surface area (Å²) in [6, 6.07) is 15.5. The second kappa shape index (κ2) is 10.8. The average Bonchev–Trinajstić information content (AvgIpc) is 3.71. The molecule has 11 nitrogen and oxygen atoms in total. The van der Waals surface area contributed by atoms with Crippen LogP contribution in [0.5, 0.6) is 0 Å². The van der Waals surface area contributed by atoms with Crippen molar-refractivity contribution in [3.8, 4) is 0 Å². The third kappa shape index (κ3) is 5.32. The normalized spacial score (nSPS) is 23.0. The van der Waals surface area contributed by atoms with Crippen LogP contribution in [0.1, 0.15) is 54.0 Å². The molecule has 2 amide bonds. The minimum atomic E-state index is -1.08. The lowest BCUT2D eigenvalue weighted by Gasteiger charge is -2.43. The topological polar surface area (TPSA) is 176 Å². The first kappa shape index (κ1) is 26.7. The SMILES string of the molecule is Nc1ncc(CCC(NC(=O)C2CCC3CCC(N)(Cc4ccccc4)C(=O)N32)C(=O)c2nc3ccccc3[nH]2)[nH]1. The van der Waals surface area contributed by atoms with Crippen LogP contribution < -0.4 is 16.8 Å². The number of para-hydroxylation sites is 2. The quantitative estimate of drug-likeness (QED) is 0.197. The first-order valence-corrected chi connectivity index (χ1v) is 14.0. The highest BCUT2D eigenvalue weighted by Gasteiger charge is 2.51. The number of aromatic nitrogens is 4. The molecule has 0 spiro atoms. The maximum atomic E-state index is 13.8. The van der Waals surface area contributed by atoms with Crippen molar-refractivity contribution in [1.82, 2.24) is 30.2 Å². The number of imidazole rings is 2. The minimum Gasteiger partial charge on any atom is -0.369 e. The van der Waals surface area contributed by atoms with Crippen LogP contribution in [0.4, 0.5) is 5.95 Å². The number of carbonyl (C=O) groups is 3. The van der Waals surface area contributed by atoms with E-state index in [2.05, 4.69) is 25.3 Å². The first-order chi connectivity index (χ1) is 19.8. The van der Waals surface area contributed by atoms with Gasteiger partial charge in [-0.25, -0.2) is 9.97 Å². The zero-order valence-electron chi connectivity index (χ0n) is 22.7. The number of fused-ring (bicyclic) bond motifs is 2. The number of nitrogens with one attached hydrogen (secondary N) is 3. The van der Waals surface area contributed by atoms with E-state index in [0.29, 0.717) is 37.6 Å². The number of Topliss-reactive ketones (excluding diaryl/α,β-unsaturated/α-hetero) is 1. The van der Waals surface area contributed by atoms with Crippen molar-refractivity contribution in [1.29, 1.82) is 0 Å². The van der Waals surface area contributed by atoms with Crippen LogP contribution in [0, 0.1) is 0 Å². The summed E-state index contributed by atoms with van der Waals surface area (Å²) in [5, 5.41) is 2.96. The highest BCUT2D eigenvalue weighted by molar-refractivity contribution is 6.02. The lowest BCUT2D eigenvalue weighted by atomic mass is 9.81. The van der Waals surface area contributed by atoms with Gasteiger partial charge in [0.25, 0.3) is 0 Å². The molecule has 2 aromatic heterocycles. The molecule has 0 aliphatic carbocycles. The Morgan fingerprint density at radius 1 is 1.07 bits per heavy atom. The molecule has 0 saturated carbocycles. The van der Waals surface area contributed by atoms with E-state index in [-0.39, 0.29) is 35.4 Å². The van der Waals surface area contributed by atoms with Gasteiger partial charge in [-0.1, -0.05) is 42.5 Å². The molecule has 0 bridgehead atoms. The summed E-state index contributed by atoms with van der Waals surface area (Å²) >= 11 is 0. The first-order valence-electron chi connectivity index (χ1n) is 14.0. The van der Waals surface area contributed by atoms with E-state index in [1.165, 1.54) is 0 Å². The maximum absolute atomic E-state index is 13.8. The molecule has 11 heteroatoms. The predicted octanol–water partition coefficient (Wildman–Crippen LogP) is 2.26. The Hall–Kier alpha value is -4.51. The molecule has 2 fully saturated rings. The van der Waals surface area contributed by atoms with E-state index in [4.69, 9.17) is 11.5 Å². The van der Waals surface area contributed by atoms with Crippen LogP contribution in [0.15, 0.2) is 60.8 Å². The lowest BCUT2D eigenvalue weighted by molar-refractivity contribution is -0.148. The van der Waals surface area contributed by atoms with Crippen LogP contribution in [0.2, 0.25) is 0 Å². The fourth-order valence-electron chi connectivity index (χ4n) is 6.22. The van der Waals surface area contributed by atoms with Crippen molar-refractivity contribution in [3.05, 3.63) is 77.9 Å². The Bertz CT molecular complexity index is 1550. The number of benzene rings is 2. The number of carbonyl (C=O) groups excluding carboxylic acids is 3. The van der Waals surface area contributed by atoms with Gasteiger partial charge in [0, 0.05) is 11.7 Å². The smallest absolute Gasteiger partial charge is 0.243 e. The highest BCUT2D eigenvalue weighted by Crippen LogP contribution is 2.37. The molecule has 4 unspecified atom stereocenters. The lowest BCUT2D eigenvalue weighted by Crippen LogP contribution is -2.65. The van der Waals surface area contributed by atoms with Gasteiger partial charge in [-0.2, -0.15) is 0 Å². The van der Waals surface area contributed by atoms with Gasteiger partial charge < -0.3 is 31.7 Å². The van der Waals surface area contributed by atoms with Gasteiger partial charge in [0.05, 0.1) is 28.8 Å². The number of piperidine rings is 1. The Labute approximate surface area is 237 Å². The fourth-order valence-corrected chi connectivity index (χ4v) is 6.22. The number of ketones is 1. The number of nitrogens with two attached hydrogens (primary N) is 2. The molecule has 2 aromatic carbocycles. The molecule has 6 rings (SSSR count). The number of anilines is 1. The molecule has 0 radical (unpaired) electrons. The van der Waals surface area contributed by atoms with Crippen LogP contribution >= 0.6 is 0 Å². The third-order valence-electron chi connectivity index (χ3n) is 8.36. The Morgan fingerprint density at radius 2 is 1.85 bits per heavy atom. The van der Waals surface area contributed by atoms with Gasteiger partial charge in [0.2, 0.25) is 17.6 Å². The van der Waals surface area contributed by atoms with Crippen molar-refractivity contribution in [2.75, 3.05) is 5.73 Å². The van der Waals surface area contributed by atoms with Gasteiger partial charge >= 0.3 is 0 Å². The summed E-state index contributed by atoms with van der Waals surface area (Å²) in [7, 11) is 0. The number of hydrogen-bond donors (Lipinski definition) is 5. The molecule has 4 heterocycles. The predicted molar refractivity (Wildman–Crippen MR) is 154 cm³/mol. The molecule has 2 saturated heterocycles. The Kier molecular flexibility index (Phi) is 7.04. The summed E-state index contributed by atoms with van der Waals surface area (Å²) in [4.78, 5) is 57.5. The Balaban J connectivity index is 1.22. The van der Waals surface area contributed by atoms with E-state index in [1.54, 1.807) is 11.1 Å². The van der Waals surface area contributed by atoms with Crippen molar-refractivity contribution in [2.45, 2.75) is 68.6 Å². The summed E-state index contributed by atoms with van der Waals surface area (Å²) in [6.45, 7) is 0.